The fourth-order valence-corrected chi connectivity index (χ4v) is 2.42. The highest BCUT2D eigenvalue weighted by Crippen LogP contribution is 2.31. The number of benzene rings is 1. The third kappa shape index (κ3) is 3.38. The molecule has 0 radical (unpaired) electrons. The van der Waals surface area contributed by atoms with Crippen molar-refractivity contribution < 1.29 is 14.3 Å². The van der Waals surface area contributed by atoms with Crippen molar-refractivity contribution in [1.82, 2.24) is 10.6 Å². The van der Waals surface area contributed by atoms with Crippen LogP contribution in [0.1, 0.15) is 24.9 Å². The summed E-state index contributed by atoms with van der Waals surface area (Å²) in [5, 5.41) is 14.1. The molecule has 0 spiro atoms. The molecule has 1 heterocycles. The number of hydrogen-bond donors (Lipinski definition) is 2. The van der Waals surface area contributed by atoms with Crippen LogP contribution in [0, 0.1) is 11.3 Å². The summed E-state index contributed by atoms with van der Waals surface area (Å²) in [6, 6.07) is 7.72. The zero-order valence-corrected chi connectivity index (χ0v) is 12.6. The van der Waals surface area contributed by atoms with Crippen LogP contribution in [0.4, 0.5) is 4.79 Å². The largest absolute Gasteiger partial charge is 0.461 e. The van der Waals surface area contributed by atoms with Crippen LogP contribution in [-0.2, 0) is 9.53 Å². The van der Waals surface area contributed by atoms with Crippen LogP contribution in [0.5, 0.6) is 0 Å². The van der Waals surface area contributed by atoms with Gasteiger partial charge in [0.15, 0.2) is 0 Å². The lowest BCUT2D eigenvalue weighted by molar-refractivity contribution is -0.139. The third-order valence-corrected chi connectivity index (χ3v) is 3.50. The van der Waals surface area contributed by atoms with Gasteiger partial charge in [0.2, 0.25) is 0 Å². The maximum absolute atomic E-state index is 12.3. The van der Waals surface area contributed by atoms with Crippen molar-refractivity contribution in [3.63, 3.8) is 0 Å². The number of allylic oxidation sites excluding steroid dienone is 1. The van der Waals surface area contributed by atoms with Crippen LogP contribution < -0.4 is 10.6 Å². The third-order valence-electron chi connectivity index (χ3n) is 3.15. The second-order valence-corrected chi connectivity index (χ2v) is 5.04. The van der Waals surface area contributed by atoms with Crippen molar-refractivity contribution in [2.75, 3.05) is 6.61 Å². The molecule has 1 atom stereocenters. The van der Waals surface area contributed by atoms with Gasteiger partial charge in [-0.2, -0.15) is 5.26 Å². The predicted octanol–water partition coefficient (Wildman–Crippen LogP) is 2.42. The zero-order valence-electron chi connectivity index (χ0n) is 11.9. The van der Waals surface area contributed by atoms with E-state index in [1.54, 1.807) is 31.2 Å². The Balaban J connectivity index is 2.36. The highest BCUT2D eigenvalue weighted by atomic mass is 35.5. The van der Waals surface area contributed by atoms with Crippen LogP contribution in [0.15, 0.2) is 35.5 Å². The lowest BCUT2D eigenvalue weighted by Crippen LogP contribution is -2.45. The van der Waals surface area contributed by atoms with Crippen LogP contribution in [0.3, 0.4) is 0 Å². The van der Waals surface area contributed by atoms with Gasteiger partial charge in [-0.25, -0.2) is 9.59 Å². The highest BCUT2D eigenvalue weighted by molar-refractivity contribution is 6.31. The Labute approximate surface area is 132 Å². The second kappa shape index (κ2) is 6.96. The first-order valence-electron chi connectivity index (χ1n) is 6.61. The maximum Gasteiger partial charge on any atom is 0.338 e. The lowest BCUT2D eigenvalue weighted by Gasteiger charge is -2.28. The van der Waals surface area contributed by atoms with E-state index in [-0.39, 0.29) is 18.6 Å². The number of urea groups is 1. The van der Waals surface area contributed by atoms with Crippen molar-refractivity contribution >= 4 is 23.6 Å². The van der Waals surface area contributed by atoms with E-state index in [0.717, 1.165) is 0 Å². The fourth-order valence-electron chi connectivity index (χ4n) is 2.17. The number of hydrogen-bond acceptors (Lipinski definition) is 4. The first kappa shape index (κ1) is 15.9. The van der Waals surface area contributed by atoms with Gasteiger partial charge in [0, 0.05) is 10.7 Å². The molecule has 0 aromatic heterocycles. The molecule has 2 rings (SSSR count). The van der Waals surface area contributed by atoms with Crippen LogP contribution in [0.25, 0.3) is 0 Å². The molecule has 1 aliphatic heterocycles. The summed E-state index contributed by atoms with van der Waals surface area (Å²) >= 11 is 6.16. The van der Waals surface area contributed by atoms with Gasteiger partial charge < -0.3 is 15.4 Å². The second-order valence-electron chi connectivity index (χ2n) is 4.64. The molecule has 0 aliphatic carbocycles. The average Bonchev–Trinajstić information content (AvgIpc) is 2.47. The van der Waals surface area contributed by atoms with Crippen molar-refractivity contribution in [3.05, 3.63) is 46.1 Å². The average molecular weight is 320 g/mol. The van der Waals surface area contributed by atoms with E-state index in [2.05, 4.69) is 10.6 Å². The molecular formula is C15H14ClN3O3. The van der Waals surface area contributed by atoms with E-state index in [9.17, 15) is 9.59 Å². The molecular weight excluding hydrogens is 306 g/mol. The van der Waals surface area contributed by atoms with Crippen molar-refractivity contribution in [2.24, 2.45) is 0 Å². The van der Waals surface area contributed by atoms with Gasteiger partial charge in [0.1, 0.15) is 6.61 Å². The highest BCUT2D eigenvalue weighted by Gasteiger charge is 2.33. The zero-order chi connectivity index (χ0) is 16.1. The minimum atomic E-state index is -0.697. The molecule has 1 aliphatic rings. The molecule has 2 amide bonds. The summed E-state index contributed by atoms with van der Waals surface area (Å²) < 4.78 is 5.07. The standard InChI is InChI=1S/C15H14ClN3O3/c1-9-12(14(20)22-8-4-7-17)13(19-15(21)18-9)10-5-2-3-6-11(10)16/h2-3,5-6,13H,4,8H2,1H3,(H2,18,19,21)/t13-/m1/s1. The van der Waals surface area contributed by atoms with Gasteiger partial charge in [-0.1, -0.05) is 29.8 Å². The number of nitrogens with one attached hydrogen (secondary N) is 2. The molecule has 2 N–H and O–H groups in total. The fraction of sp³-hybridized carbons (Fsp3) is 0.267. The van der Waals surface area contributed by atoms with E-state index in [0.29, 0.717) is 16.3 Å². The topological polar surface area (TPSA) is 91.2 Å². The van der Waals surface area contributed by atoms with Crippen molar-refractivity contribution in [2.45, 2.75) is 19.4 Å². The molecule has 6 nitrogen and oxygen atoms in total. The molecule has 0 fully saturated rings. The number of carbonyl (C=O) groups excluding carboxylic acids is 2. The van der Waals surface area contributed by atoms with E-state index in [1.807, 2.05) is 6.07 Å². The van der Waals surface area contributed by atoms with Crippen LogP contribution in [-0.4, -0.2) is 18.6 Å². The quantitative estimate of drug-likeness (QED) is 0.658. The minimum absolute atomic E-state index is 0.00466. The SMILES string of the molecule is CC1=C(C(=O)OCCC#N)[C@@H](c2ccccc2Cl)NC(=O)N1. The lowest BCUT2D eigenvalue weighted by atomic mass is 9.95. The van der Waals surface area contributed by atoms with Gasteiger partial charge in [0.05, 0.1) is 24.1 Å². The van der Waals surface area contributed by atoms with E-state index in [1.165, 1.54) is 0 Å². The number of esters is 1. The molecule has 22 heavy (non-hydrogen) atoms. The number of carbonyl (C=O) groups is 2. The number of ether oxygens (including phenoxy) is 1. The molecule has 0 saturated carbocycles. The van der Waals surface area contributed by atoms with Gasteiger partial charge in [0.25, 0.3) is 0 Å². The molecule has 0 saturated heterocycles. The van der Waals surface area contributed by atoms with E-state index < -0.39 is 18.0 Å². The number of nitrogens with zero attached hydrogens (tertiary/aromatic N) is 1. The Morgan fingerprint density at radius 3 is 2.86 bits per heavy atom. The van der Waals surface area contributed by atoms with E-state index >= 15 is 0 Å². The summed E-state index contributed by atoms with van der Waals surface area (Å²) in [6.07, 6.45) is 0.106. The van der Waals surface area contributed by atoms with Gasteiger partial charge in [-0.3, -0.25) is 0 Å². The van der Waals surface area contributed by atoms with Gasteiger partial charge in [-0.05, 0) is 18.6 Å². The van der Waals surface area contributed by atoms with Gasteiger partial charge in [-0.15, -0.1) is 0 Å². The number of nitriles is 1. The summed E-state index contributed by atoms with van der Waals surface area (Å²) in [6.45, 7) is 1.61. The summed E-state index contributed by atoms with van der Waals surface area (Å²) in [4.78, 5) is 24.0. The number of halogens is 1. The number of rotatable bonds is 4. The molecule has 114 valence electrons. The Bertz CT molecular complexity index is 679. The summed E-state index contributed by atoms with van der Waals surface area (Å²) in [5.74, 6) is -0.592. The molecule has 1 aromatic carbocycles. The molecule has 7 heteroatoms. The normalized spacial score (nSPS) is 17.3. The van der Waals surface area contributed by atoms with Crippen LogP contribution >= 0.6 is 11.6 Å². The Morgan fingerprint density at radius 1 is 1.45 bits per heavy atom. The summed E-state index contributed by atoms with van der Waals surface area (Å²) in [7, 11) is 0. The Kier molecular flexibility index (Phi) is 5.02. The number of amides is 2. The first-order valence-corrected chi connectivity index (χ1v) is 6.99. The molecule has 0 bridgehead atoms. The predicted molar refractivity (Wildman–Crippen MR) is 79.7 cm³/mol. The van der Waals surface area contributed by atoms with Gasteiger partial charge >= 0.3 is 12.0 Å². The van der Waals surface area contributed by atoms with E-state index in [4.69, 9.17) is 21.6 Å². The monoisotopic (exact) mass is 319 g/mol. The molecule has 1 aromatic rings. The summed E-state index contributed by atoms with van der Waals surface area (Å²) in [5.41, 5.74) is 1.27. The Hall–Kier alpha value is -2.52. The minimum Gasteiger partial charge on any atom is -0.461 e. The van der Waals surface area contributed by atoms with Crippen molar-refractivity contribution in [1.29, 1.82) is 5.26 Å². The smallest absolute Gasteiger partial charge is 0.338 e. The Morgan fingerprint density at radius 2 is 2.18 bits per heavy atom. The van der Waals surface area contributed by atoms with Crippen molar-refractivity contribution in [3.8, 4) is 6.07 Å². The molecule has 0 unspecified atom stereocenters. The first-order chi connectivity index (χ1) is 10.5. The maximum atomic E-state index is 12.3. The van der Waals surface area contributed by atoms with Crippen LogP contribution in [0.2, 0.25) is 5.02 Å².